The second-order valence-corrected chi connectivity index (χ2v) is 7.15. The zero-order valence-electron chi connectivity index (χ0n) is 13.8. The van der Waals surface area contributed by atoms with Crippen LogP contribution >= 0.6 is 0 Å². The monoisotopic (exact) mass is 336 g/mol. The second-order valence-electron chi connectivity index (χ2n) is 7.15. The van der Waals surface area contributed by atoms with Crippen LogP contribution in [-0.2, 0) is 0 Å². The minimum Gasteiger partial charge on any atom is -0.384 e. The Kier molecular flexibility index (Phi) is 3.18. The number of fused-ring (bicyclic) bond motifs is 3. The standard InChI is InChI=1S/C18H20N6O/c19-16-8-15(11-5-12-1-2-13(6-11)22-12)23-18-14(9-21-24(16)18)10-3-4-20-17(25)7-10/h3-4,7-9,11-13,22H,1-2,5-6,19H2,(H,20,25)/t11?,12-,13?/m0/s1. The van der Waals surface area contributed by atoms with Gasteiger partial charge in [-0.25, -0.2) is 4.98 Å². The quantitative estimate of drug-likeness (QED) is 0.661. The third-order valence-corrected chi connectivity index (χ3v) is 5.50. The molecular weight excluding hydrogens is 316 g/mol. The van der Waals surface area contributed by atoms with E-state index in [9.17, 15) is 4.79 Å². The molecule has 0 amide bonds. The smallest absolute Gasteiger partial charge is 0.248 e. The molecule has 4 N–H and O–H groups in total. The van der Waals surface area contributed by atoms with Crippen molar-refractivity contribution in [1.29, 1.82) is 0 Å². The van der Waals surface area contributed by atoms with Crippen LogP contribution < -0.4 is 16.6 Å². The lowest BCUT2D eigenvalue weighted by atomic mass is 9.89. The molecule has 25 heavy (non-hydrogen) atoms. The average molecular weight is 336 g/mol. The summed E-state index contributed by atoms with van der Waals surface area (Å²) in [4.78, 5) is 19.2. The summed E-state index contributed by atoms with van der Waals surface area (Å²) in [5.41, 5.74) is 9.48. The first-order chi connectivity index (χ1) is 12.2. The van der Waals surface area contributed by atoms with Crippen LogP contribution in [-0.4, -0.2) is 31.7 Å². The third kappa shape index (κ3) is 2.42. The molecule has 2 aliphatic rings. The molecule has 7 nitrogen and oxygen atoms in total. The number of anilines is 1. The molecule has 7 heteroatoms. The van der Waals surface area contributed by atoms with Crippen molar-refractivity contribution in [3.8, 4) is 11.1 Å². The summed E-state index contributed by atoms with van der Waals surface area (Å²) in [6, 6.07) is 6.57. The summed E-state index contributed by atoms with van der Waals surface area (Å²) in [5.74, 6) is 1.01. The number of aromatic nitrogens is 4. The fourth-order valence-corrected chi connectivity index (χ4v) is 4.33. The molecule has 0 aromatic carbocycles. The van der Waals surface area contributed by atoms with Crippen molar-refractivity contribution in [2.45, 2.75) is 43.7 Å². The van der Waals surface area contributed by atoms with Gasteiger partial charge in [-0.1, -0.05) is 0 Å². The van der Waals surface area contributed by atoms with Crippen LogP contribution in [0.1, 0.15) is 37.3 Å². The Balaban J connectivity index is 1.62. The third-order valence-electron chi connectivity index (χ3n) is 5.50. The van der Waals surface area contributed by atoms with Gasteiger partial charge in [0, 0.05) is 47.6 Å². The number of nitrogens with zero attached hydrogens (tertiary/aromatic N) is 3. The Bertz CT molecular complexity index is 994. The Hall–Kier alpha value is -2.67. The normalized spacial score (nSPS) is 25.5. The number of rotatable bonds is 2. The fraction of sp³-hybridized carbons (Fsp3) is 0.389. The maximum atomic E-state index is 11.6. The number of pyridine rings is 1. The molecule has 3 aromatic rings. The predicted molar refractivity (Wildman–Crippen MR) is 95.4 cm³/mol. The molecule has 0 spiro atoms. The van der Waals surface area contributed by atoms with Gasteiger partial charge in [-0.15, -0.1) is 0 Å². The van der Waals surface area contributed by atoms with Crippen molar-refractivity contribution in [3.05, 3.63) is 46.6 Å². The lowest BCUT2D eigenvalue weighted by Crippen LogP contribution is -2.37. The molecule has 5 heterocycles. The minimum atomic E-state index is -0.143. The highest BCUT2D eigenvalue weighted by atomic mass is 16.1. The van der Waals surface area contributed by atoms with Gasteiger partial charge in [0.15, 0.2) is 5.65 Å². The summed E-state index contributed by atoms with van der Waals surface area (Å²) < 4.78 is 1.65. The van der Waals surface area contributed by atoms with Gasteiger partial charge in [0.1, 0.15) is 5.82 Å². The lowest BCUT2D eigenvalue weighted by Gasteiger charge is -2.28. The van der Waals surface area contributed by atoms with Crippen molar-refractivity contribution in [2.75, 3.05) is 5.73 Å². The zero-order chi connectivity index (χ0) is 17.0. The zero-order valence-corrected chi connectivity index (χ0v) is 13.8. The van der Waals surface area contributed by atoms with Gasteiger partial charge in [0.05, 0.1) is 6.20 Å². The van der Waals surface area contributed by atoms with E-state index in [1.54, 1.807) is 23.0 Å². The summed E-state index contributed by atoms with van der Waals surface area (Å²) in [6.45, 7) is 0. The molecule has 0 saturated carbocycles. The number of nitrogen functional groups attached to an aromatic ring is 1. The van der Waals surface area contributed by atoms with E-state index in [1.807, 2.05) is 12.1 Å². The molecule has 2 fully saturated rings. The Morgan fingerprint density at radius 3 is 2.76 bits per heavy atom. The summed E-state index contributed by atoms with van der Waals surface area (Å²) in [6.07, 6.45) is 8.08. The van der Waals surface area contributed by atoms with Gasteiger partial charge < -0.3 is 16.0 Å². The molecule has 0 aliphatic carbocycles. The molecule has 0 radical (unpaired) electrons. The van der Waals surface area contributed by atoms with Crippen LogP contribution in [0.3, 0.4) is 0 Å². The van der Waals surface area contributed by atoms with Gasteiger partial charge in [-0.05, 0) is 37.3 Å². The fourth-order valence-electron chi connectivity index (χ4n) is 4.33. The van der Waals surface area contributed by atoms with Crippen molar-refractivity contribution in [3.63, 3.8) is 0 Å². The van der Waals surface area contributed by atoms with E-state index in [1.165, 1.54) is 12.8 Å². The van der Waals surface area contributed by atoms with E-state index in [0.29, 0.717) is 29.5 Å². The maximum Gasteiger partial charge on any atom is 0.248 e. The van der Waals surface area contributed by atoms with E-state index in [-0.39, 0.29) is 5.56 Å². The number of H-pyrrole nitrogens is 1. The highest BCUT2D eigenvalue weighted by Crippen LogP contribution is 2.37. The number of nitrogens with one attached hydrogen (secondary N) is 2. The Morgan fingerprint density at radius 2 is 2.00 bits per heavy atom. The molecule has 5 rings (SSSR count). The van der Waals surface area contributed by atoms with Crippen molar-refractivity contribution in [2.24, 2.45) is 0 Å². The molecule has 2 bridgehead atoms. The summed E-state index contributed by atoms with van der Waals surface area (Å²) in [7, 11) is 0. The molecule has 2 unspecified atom stereocenters. The lowest BCUT2D eigenvalue weighted by molar-refractivity contribution is 0.359. The van der Waals surface area contributed by atoms with Gasteiger partial charge in [-0.3, -0.25) is 4.79 Å². The van der Waals surface area contributed by atoms with Crippen LogP contribution in [0, 0.1) is 0 Å². The molecule has 2 aliphatic heterocycles. The maximum absolute atomic E-state index is 11.6. The van der Waals surface area contributed by atoms with Crippen LogP contribution in [0.4, 0.5) is 5.82 Å². The van der Waals surface area contributed by atoms with E-state index >= 15 is 0 Å². The SMILES string of the molecule is Nc1cc(C2CC3CC[C@@H](C2)N3)nc2c(-c3cc[nH]c(=O)c3)cnn12. The van der Waals surface area contributed by atoms with Gasteiger partial charge in [-0.2, -0.15) is 9.61 Å². The van der Waals surface area contributed by atoms with E-state index in [2.05, 4.69) is 15.4 Å². The summed E-state index contributed by atoms with van der Waals surface area (Å²) in [5, 5.41) is 8.02. The number of aromatic amines is 1. The van der Waals surface area contributed by atoms with E-state index in [0.717, 1.165) is 29.7 Å². The highest BCUT2D eigenvalue weighted by molar-refractivity contribution is 5.77. The largest absolute Gasteiger partial charge is 0.384 e. The number of piperidine rings is 1. The summed E-state index contributed by atoms with van der Waals surface area (Å²) >= 11 is 0. The first kappa shape index (κ1) is 14.7. The molecular formula is C18H20N6O. The van der Waals surface area contributed by atoms with Crippen LogP contribution in [0.25, 0.3) is 16.8 Å². The van der Waals surface area contributed by atoms with E-state index in [4.69, 9.17) is 10.7 Å². The van der Waals surface area contributed by atoms with Gasteiger partial charge >= 0.3 is 0 Å². The van der Waals surface area contributed by atoms with Crippen LogP contribution in [0.5, 0.6) is 0 Å². The topological polar surface area (TPSA) is 101 Å². The first-order valence-corrected chi connectivity index (χ1v) is 8.76. The number of hydrogen-bond donors (Lipinski definition) is 3. The average Bonchev–Trinajstić information content (AvgIpc) is 3.18. The van der Waals surface area contributed by atoms with Crippen molar-refractivity contribution >= 4 is 11.5 Å². The van der Waals surface area contributed by atoms with Crippen molar-refractivity contribution < 1.29 is 0 Å². The second kappa shape index (κ2) is 5.42. The first-order valence-electron chi connectivity index (χ1n) is 8.76. The predicted octanol–water partition coefficient (Wildman–Crippen LogP) is 1.66. The molecule has 3 atom stereocenters. The molecule has 3 aromatic heterocycles. The highest BCUT2D eigenvalue weighted by Gasteiger charge is 2.35. The Morgan fingerprint density at radius 1 is 1.20 bits per heavy atom. The van der Waals surface area contributed by atoms with Gasteiger partial charge in [0.2, 0.25) is 5.56 Å². The minimum absolute atomic E-state index is 0.143. The van der Waals surface area contributed by atoms with E-state index < -0.39 is 0 Å². The number of nitrogens with two attached hydrogens (primary N) is 1. The van der Waals surface area contributed by atoms with Crippen molar-refractivity contribution in [1.82, 2.24) is 24.9 Å². The Labute approximate surface area is 144 Å². The molecule has 128 valence electrons. The van der Waals surface area contributed by atoms with Crippen LogP contribution in [0.15, 0.2) is 35.4 Å². The van der Waals surface area contributed by atoms with Gasteiger partial charge in [0.25, 0.3) is 0 Å². The molecule has 2 saturated heterocycles. The van der Waals surface area contributed by atoms with Crippen LogP contribution in [0.2, 0.25) is 0 Å². The number of hydrogen-bond acceptors (Lipinski definition) is 5.